The molecule has 0 spiro atoms. The predicted molar refractivity (Wildman–Crippen MR) is 115 cm³/mol. The Hall–Kier alpha value is -3.22. The minimum absolute atomic E-state index is 0.154. The highest BCUT2D eigenvalue weighted by Gasteiger charge is 2.15. The molecule has 1 aliphatic heterocycles. The molecule has 6 nitrogen and oxygen atoms in total. The molecule has 0 fully saturated rings. The molecule has 0 radical (unpaired) electrons. The molecule has 4 rings (SSSR count). The molecule has 0 saturated carbocycles. The van der Waals surface area contributed by atoms with Crippen molar-refractivity contribution in [3.8, 4) is 17.2 Å². The molecule has 1 aliphatic rings. The summed E-state index contributed by atoms with van der Waals surface area (Å²) in [7, 11) is 0. The first-order chi connectivity index (χ1) is 14.6. The van der Waals surface area contributed by atoms with E-state index in [1.54, 1.807) is 36.4 Å². The normalized spacial score (nSPS) is 12.2. The number of nitrogens with one attached hydrogen (secondary N) is 1. The molecule has 1 heterocycles. The van der Waals surface area contributed by atoms with Gasteiger partial charge in [-0.15, -0.1) is 0 Å². The zero-order chi connectivity index (χ0) is 20.9. The van der Waals surface area contributed by atoms with Gasteiger partial charge in [-0.3, -0.25) is 4.79 Å². The zero-order valence-corrected chi connectivity index (χ0v) is 17.1. The molecule has 152 valence electrons. The number of amides is 1. The Bertz CT molecular complexity index is 1120. The van der Waals surface area contributed by atoms with Crippen molar-refractivity contribution in [2.24, 2.45) is 5.10 Å². The van der Waals surface area contributed by atoms with Gasteiger partial charge in [0.25, 0.3) is 5.91 Å². The van der Waals surface area contributed by atoms with Crippen LogP contribution in [-0.2, 0) is 6.61 Å². The lowest BCUT2D eigenvalue weighted by Crippen LogP contribution is -2.17. The number of hydrogen-bond donors (Lipinski definition) is 1. The quantitative estimate of drug-likeness (QED) is 0.427. The van der Waals surface area contributed by atoms with Gasteiger partial charge in [0.15, 0.2) is 11.5 Å². The van der Waals surface area contributed by atoms with Crippen LogP contribution in [0.3, 0.4) is 0 Å². The Kier molecular flexibility index (Phi) is 6.07. The van der Waals surface area contributed by atoms with Gasteiger partial charge >= 0.3 is 0 Å². The number of carbonyl (C=O) groups is 1. The van der Waals surface area contributed by atoms with Gasteiger partial charge in [-0.25, -0.2) is 5.43 Å². The number of benzene rings is 3. The molecule has 3 aromatic carbocycles. The number of carbonyl (C=O) groups excluding carboxylic acids is 1. The van der Waals surface area contributed by atoms with Gasteiger partial charge in [0.1, 0.15) is 12.4 Å². The van der Waals surface area contributed by atoms with Crippen LogP contribution in [0.25, 0.3) is 0 Å². The van der Waals surface area contributed by atoms with Crippen molar-refractivity contribution < 1.29 is 19.0 Å². The Morgan fingerprint density at radius 3 is 2.80 bits per heavy atom. The third kappa shape index (κ3) is 4.84. The SMILES string of the molecule is O=C(N/N=C\c1cccc(OCc2ccc(Cl)cc2Cl)c1)c1ccc2c(c1)OCO2. The van der Waals surface area contributed by atoms with Gasteiger partial charge in [-0.2, -0.15) is 5.10 Å². The summed E-state index contributed by atoms with van der Waals surface area (Å²) < 4.78 is 16.3. The maximum absolute atomic E-state index is 12.2. The monoisotopic (exact) mass is 442 g/mol. The largest absolute Gasteiger partial charge is 0.489 e. The molecule has 30 heavy (non-hydrogen) atoms. The lowest BCUT2D eigenvalue weighted by Gasteiger charge is -2.08. The van der Waals surface area contributed by atoms with Crippen molar-refractivity contribution in [2.45, 2.75) is 6.61 Å². The number of rotatable bonds is 6. The van der Waals surface area contributed by atoms with Crippen molar-refractivity contribution in [1.29, 1.82) is 0 Å². The van der Waals surface area contributed by atoms with E-state index in [-0.39, 0.29) is 12.7 Å². The summed E-state index contributed by atoms with van der Waals surface area (Å²) in [6.45, 7) is 0.457. The van der Waals surface area contributed by atoms with Crippen LogP contribution in [0.2, 0.25) is 10.0 Å². The van der Waals surface area contributed by atoms with E-state index >= 15 is 0 Å². The molecule has 0 aromatic heterocycles. The highest BCUT2D eigenvalue weighted by molar-refractivity contribution is 6.35. The Morgan fingerprint density at radius 2 is 1.93 bits per heavy atom. The summed E-state index contributed by atoms with van der Waals surface area (Å²) >= 11 is 12.1. The van der Waals surface area contributed by atoms with Gasteiger partial charge < -0.3 is 14.2 Å². The highest BCUT2D eigenvalue weighted by Crippen LogP contribution is 2.32. The summed E-state index contributed by atoms with van der Waals surface area (Å²) in [5.41, 5.74) is 4.51. The second-order valence-electron chi connectivity index (χ2n) is 6.36. The maximum atomic E-state index is 12.2. The van der Waals surface area contributed by atoms with Crippen LogP contribution in [0.15, 0.2) is 65.8 Å². The Labute approximate surface area is 183 Å². The van der Waals surface area contributed by atoms with Crippen molar-refractivity contribution in [3.05, 3.63) is 87.4 Å². The summed E-state index contributed by atoms with van der Waals surface area (Å²) in [5, 5.41) is 5.13. The fourth-order valence-electron chi connectivity index (χ4n) is 2.75. The topological polar surface area (TPSA) is 69.2 Å². The number of hydrogen-bond acceptors (Lipinski definition) is 5. The van der Waals surface area contributed by atoms with Crippen LogP contribution in [-0.4, -0.2) is 18.9 Å². The van der Waals surface area contributed by atoms with Gasteiger partial charge in [0, 0.05) is 21.2 Å². The second-order valence-corrected chi connectivity index (χ2v) is 7.21. The number of hydrazone groups is 1. The third-order valence-corrected chi connectivity index (χ3v) is 4.87. The number of fused-ring (bicyclic) bond motifs is 1. The third-order valence-electron chi connectivity index (χ3n) is 4.28. The van der Waals surface area contributed by atoms with Crippen molar-refractivity contribution in [2.75, 3.05) is 6.79 Å². The molecule has 8 heteroatoms. The molecule has 1 amide bonds. The minimum atomic E-state index is -0.352. The van der Waals surface area contributed by atoms with E-state index in [2.05, 4.69) is 10.5 Å². The average molecular weight is 443 g/mol. The fourth-order valence-corrected chi connectivity index (χ4v) is 3.22. The lowest BCUT2D eigenvalue weighted by molar-refractivity contribution is 0.0954. The first-order valence-electron chi connectivity index (χ1n) is 8.98. The van der Waals surface area contributed by atoms with Gasteiger partial charge in [0.2, 0.25) is 6.79 Å². The molecule has 0 saturated heterocycles. The van der Waals surface area contributed by atoms with Crippen molar-refractivity contribution >= 4 is 35.3 Å². The molecule has 0 unspecified atom stereocenters. The summed E-state index contributed by atoms with van der Waals surface area (Å²) in [6, 6.07) is 17.5. The van der Waals surface area contributed by atoms with E-state index < -0.39 is 0 Å². The average Bonchev–Trinajstić information content (AvgIpc) is 3.21. The number of nitrogens with zero attached hydrogens (tertiary/aromatic N) is 1. The number of halogens is 2. The van der Waals surface area contributed by atoms with E-state index in [0.29, 0.717) is 39.5 Å². The van der Waals surface area contributed by atoms with Gasteiger partial charge in [-0.05, 0) is 48.0 Å². The Balaban J connectivity index is 1.35. The van der Waals surface area contributed by atoms with Crippen LogP contribution < -0.4 is 19.6 Å². The first-order valence-corrected chi connectivity index (χ1v) is 9.74. The first kappa shape index (κ1) is 20.1. The predicted octanol–water partition coefficient (Wildman–Crippen LogP) is 5.07. The standard InChI is InChI=1S/C22H16Cl2N2O4/c23-17-6-4-16(19(24)10-17)12-28-18-3-1-2-14(8-18)11-25-26-22(27)15-5-7-20-21(9-15)30-13-29-20/h1-11H,12-13H2,(H,26,27)/b25-11-. The minimum Gasteiger partial charge on any atom is -0.489 e. The molecule has 0 bridgehead atoms. The molecule has 0 aliphatic carbocycles. The Morgan fingerprint density at radius 1 is 1.07 bits per heavy atom. The highest BCUT2D eigenvalue weighted by atomic mass is 35.5. The summed E-state index contributed by atoms with van der Waals surface area (Å²) in [4.78, 5) is 12.2. The van der Waals surface area contributed by atoms with E-state index in [1.807, 2.05) is 24.3 Å². The fraction of sp³-hybridized carbons (Fsp3) is 0.0909. The smallest absolute Gasteiger partial charge is 0.271 e. The zero-order valence-electron chi connectivity index (χ0n) is 15.6. The van der Waals surface area contributed by atoms with Gasteiger partial charge in [-0.1, -0.05) is 41.4 Å². The summed E-state index contributed by atoms with van der Waals surface area (Å²) in [6.07, 6.45) is 1.53. The van der Waals surface area contributed by atoms with E-state index in [4.69, 9.17) is 37.4 Å². The van der Waals surface area contributed by atoms with E-state index in [0.717, 1.165) is 11.1 Å². The van der Waals surface area contributed by atoms with Crippen molar-refractivity contribution in [3.63, 3.8) is 0 Å². The second kappa shape index (κ2) is 9.07. The van der Waals surface area contributed by atoms with Crippen LogP contribution >= 0.6 is 23.2 Å². The molecular weight excluding hydrogens is 427 g/mol. The van der Waals surface area contributed by atoms with Crippen LogP contribution in [0, 0.1) is 0 Å². The lowest BCUT2D eigenvalue weighted by atomic mass is 10.2. The number of ether oxygens (including phenoxy) is 3. The van der Waals surface area contributed by atoms with Crippen LogP contribution in [0.4, 0.5) is 0 Å². The molecular formula is C22H16Cl2N2O4. The van der Waals surface area contributed by atoms with Gasteiger partial charge in [0.05, 0.1) is 6.21 Å². The van der Waals surface area contributed by atoms with E-state index in [1.165, 1.54) is 6.21 Å². The molecule has 0 atom stereocenters. The maximum Gasteiger partial charge on any atom is 0.271 e. The molecule has 3 aromatic rings. The van der Waals surface area contributed by atoms with E-state index in [9.17, 15) is 4.79 Å². The van der Waals surface area contributed by atoms with Crippen molar-refractivity contribution in [1.82, 2.24) is 5.43 Å². The molecule has 1 N–H and O–H groups in total. The summed E-state index contributed by atoms with van der Waals surface area (Å²) in [5.74, 6) is 1.45. The van der Waals surface area contributed by atoms with Crippen LogP contribution in [0.5, 0.6) is 17.2 Å². The van der Waals surface area contributed by atoms with Crippen LogP contribution in [0.1, 0.15) is 21.5 Å².